The van der Waals surface area contributed by atoms with Crippen LogP contribution in [0.3, 0.4) is 0 Å². The Balaban J connectivity index is 2.55. The summed E-state index contributed by atoms with van der Waals surface area (Å²) in [5.74, 6) is -0.122. The molecule has 2 N–H and O–H groups in total. The second-order valence-corrected chi connectivity index (χ2v) is 4.41. The van der Waals surface area contributed by atoms with Crippen molar-refractivity contribution < 1.29 is 4.79 Å². The Bertz CT molecular complexity index is 411. The van der Waals surface area contributed by atoms with Crippen molar-refractivity contribution in [3.63, 3.8) is 0 Å². The minimum absolute atomic E-state index is 0.122. The SMILES string of the molecule is CCNC(=O)CC(C#N)Nc1ccc(Br)cc1. The van der Waals surface area contributed by atoms with Crippen molar-refractivity contribution in [2.75, 3.05) is 11.9 Å². The lowest BCUT2D eigenvalue weighted by atomic mass is 10.2. The van der Waals surface area contributed by atoms with Crippen LogP contribution >= 0.6 is 15.9 Å². The highest BCUT2D eigenvalue weighted by atomic mass is 79.9. The van der Waals surface area contributed by atoms with Gasteiger partial charge in [-0.25, -0.2) is 0 Å². The standard InChI is InChI=1S/C12H14BrN3O/c1-2-15-12(17)7-11(8-14)16-10-5-3-9(13)4-6-10/h3-6,11,16H,2,7H2,1H3,(H,15,17). The fraction of sp³-hybridized carbons (Fsp3) is 0.333. The number of rotatable bonds is 5. The first kappa shape index (κ1) is 13.5. The van der Waals surface area contributed by atoms with Gasteiger partial charge in [0.05, 0.1) is 12.5 Å². The number of halogens is 1. The van der Waals surface area contributed by atoms with E-state index in [2.05, 4.69) is 32.6 Å². The number of anilines is 1. The molecule has 1 aromatic carbocycles. The van der Waals surface area contributed by atoms with Crippen molar-refractivity contribution in [2.45, 2.75) is 19.4 Å². The molecule has 0 aliphatic carbocycles. The molecule has 4 nitrogen and oxygen atoms in total. The zero-order valence-corrected chi connectivity index (χ0v) is 11.1. The molecule has 0 aliphatic heterocycles. The van der Waals surface area contributed by atoms with Gasteiger partial charge in [-0.05, 0) is 31.2 Å². The molecule has 1 unspecified atom stereocenters. The maximum Gasteiger partial charge on any atom is 0.223 e. The molecule has 1 rings (SSSR count). The van der Waals surface area contributed by atoms with Crippen LogP contribution in [-0.2, 0) is 4.79 Å². The molecule has 0 spiro atoms. The average molecular weight is 296 g/mol. The highest BCUT2D eigenvalue weighted by Crippen LogP contribution is 2.15. The molecule has 5 heteroatoms. The topological polar surface area (TPSA) is 64.9 Å². The number of carbonyl (C=O) groups excluding carboxylic acids is 1. The Morgan fingerprint density at radius 1 is 1.47 bits per heavy atom. The third-order valence-corrected chi connectivity index (χ3v) is 2.63. The molecule has 17 heavy (non-hydrogen) atoms. The highest BCUT2D eigenvalue weighted by Gasteiger charge is 2.12. The molecule has 1 atom stereocenters. The molecule has 0 bridgehead atoms. The maximum absolute atomic E-state index is 11.3. The van der Waals surface area contributed by atoms with Gasteiger partial charge < -0.3 is 10.6 Å². The van der Waals surface area contributed by atoms with E-state index >= 15 is 0 Å². The summed E-state index contributed by atoms with van der Waals surface area (Å²) in [5, 5.41) is 14.6. The van der Waals surface area contributed by atoms with E-state index in [9.17, 15) is 4.79 Å². The molecule has 0 fully saturated rings. The van der Waals surface area contributed by atoms with Crippen LogP contribution < -0.4 is 10.6 Å². The number of hydrogen-bond donors (Lipinski definition) is 2. The van der Waals surface area contributed by atoms with Crippen LogP contribution in [0.2, 0.25) is 0 Å². The van der Waals surface area contributed by atoms with E-state index in [-0.39, 0.29) is 12.3 Å². The molecule has 0 saturated heterocycles. The van der Waals surface area contributed by atoms with Crippen molar-refractivity contribution in [1.82, 2.24) is 5.32 Å². The molecule has 90 valence electrons. The number of nitrogens with one attached hydrogen (secondary N) is 2. The van der Waals surface area contributed by atoms with Gasteiger partial charge in [-0.15, -0.1) is 0 Å². The Labute approximate surface area is 109 Å². The summed E-state index contributed by atoms with van der Waals surface area (Å²) >= 11 is 3.33. The second-order valence-electron chi connectivity index (χ2n) is 3.49. The lowest BCUT2D eigenvalue weighted by molar-refractivity contribution is -0.121. The third kappa shape index (κ3) is 4.87. The monoisotopic (exact) mass is 295 g/mol. The van der Waals surface area contributed by atoms with E-state index in [0.717, 1.165) is 10.2 Å². The van der Waals surface area contributed by atoms with Crippen LogP contribution in [0, 0.1) is 11.3 Å². The van der Waals surface area contributed by atoms with Gasteiger partial charge in [0.2, 0.25) is 5.91 Å². The lowest BCUT2D eigenvalue weighted by Crippen LogP contribution is -2.30. The number of amides is 1. The summed E-state index contributed by atoms with van der Waals surface area (Å²) < 4.78 is 0.972. The minimum Gasteiger partial charge on any atom is -0.369 e. The molecular weight excluding hydrogens is 282 g/mol. The van der Waals surface area contributed by atoms with Gasteiger partial charge in [-0.2, -0.15) is 5.26 Å². The van der Waals surface area contributed by atoms with Gasteiger partial charge in [0.15, 0.2) is 0 Å². The third-order valence-electron chi connectivity index (χ3n) is 2.10. The van der Waals surface area contributed by atoms with Crippen LogP contribution in [-0.4, -0.2) is 18.5 Å². The fourth-order valence-electron chi connectivity index (χ4n) is 1.33. The van der Waals surface area contributed by atoms with Crippen molar-refractivity contribution in [3.05, 3.63) is 28.7 Å². The average Bonchev–Trinajstić information content (AvgIpc) is 2.31. The Kier molecular flexibility index (Phi) is 5.50. The van der Waals surface area contributed by atoms with E-state index in [1.54, 1.807) is 0 Å². The quantitative estimate of drug-likeness (QED) is 0.876. The normalized spacial score (nSPS) is 11.4. The van der Waals surface area contributed by atoms with Crippen molar-refractivity contribution in [1.29, 1.82) is 5.26 Å². The number of carbonyl (C=O) groups is 1. The molecular formula is C12H14BrN3O. The zero-order valence-electron chi connectivity index (χ0n) is 9.53. The summed E-state index contributed by atoms with van der Waals surface area (Å²) in [6.07, 6.45) is 0.153. The largest absolute Gasteiger partial charge is 0.369 e. The Morgan fingerprint density at radius 3 is 2.65 bits per heavy atom. The number of benzene rings is 1. The molecule has 0 radical (unpaired) electrons. The van der Waals surface area contributed by atoms with Crippen molar-refractivity contribution in [2.24, 2.45) is 0 Å². The van der Waals surface area contributed by atoms with Crippen molar-refractivity contribution >= 4 is 27.5 Å². The van der Waals surface area contributed by atoms with Gasteiger partial charge in [0.25, 0.3) is 0 Å². The lowest BCUT2D eigenvalue weighted by Gasteiger charge is -2.12. The number of nitrogens with zero attached hydrogens (tertiary/aromatic N) is 1. The van der Waals surface area contributed by atoms with E-state index in [1.807, 2.05) is 31.2 Å². The van der Waals surface area contributed by atoms with Gasteiger partial charge in [0, 0.05) is 16.7 Å². The number of hydrogen-bond acceptors (Lipinski definition) is 3. The van der Waals surface area contributed by atoms with Crippen molar-refractivity contribution in [3.8, 4) is 6.07 Å². The van der Waals surface area contributed by atoms with Crippen LogP contribution in [0.5, 0.6) is 0 Å². The van der Waals surface area contributed by atoms with Gasteiger partial charge in [-0.1, -0.05) is 15.9 Å². The summed E-state index contributed by atoms with van der Waals surface area (Å²) in [6.45, 7) is 2.43. The zero-order chi connectivity index (χ0) is 12.7. The molecule has 0 heterocycles. The summed E-state index contributed by atoms with van der Waals surface area (Å²) in [7, 11) is 0. The fourth-order valence-corrected chi connectivity index (χ4v) is 1.60. The van der Waals surface area contributed by atoms with E-state index in [0.29, 0.717) is 6.54 Å². The first-order valence-corrected chi connectivity index (χ1v) is 6.13. The van der Waals surface area contributed by atoms with Crippen LogP contribution in [0.1, 0.15) is 13.3 Å². The minimum atomic E-state index is -0.511. The molecule has 0 aliphatic rings. The van der Waals surface area contributed by atoms with Crippen LogP contribution in [0.15, 0.2) is 28.7 Å². The highest BCUT2D eigenvalue weighted by molar-refractivity contribution is 9.10. The predicted octanol–water partition coefficient (Wildman–Crippen LogP) is 2.28. The molecule has 1 amide bonds. The Morgan fingerprint density at radius 2 is 2.12 bits per heavy atom. The Hall–Kier alpha value is -1.54. The number of nitriles is 1. The van der Waals surface area contributed by atoms with E-state index in [1.165, 1.54) is 0 Å². The van der Waals surface area contributed by atoms with Gasteiger partial charge >= 0.3 is 0 Å². The van der Waals surface area contributed by atoms with Crippen LogP contribution in [0.4, 0.5) is 5.69 Å². The molecule has 0 aromatic heterocycles. The smallest absolute Gasteiger partial charge is 0.223 e. The summed E-state index contributed by atoms with van der Waals surface area (Å²) in [5.41, 5.74) is 0.823. The first-order valence-electron chi connectivity index (χ1n) is 5.34. The molecule has 0 saturated carbocycles. The summed E-state index contributed by atoms with van der Waals surface area (Å²) in [6, 6.07) is 9.02. The van der Waals surface area contributed by atoms with E-state index < -0.39 is 6.04 Å². The second kappa shape index (κ2) is 6.92. The summed E-state index contributed by atoms with van der Waals surface area (Å²) in [4.78, 5) is 11.3. The van der Waals surface area contributed by atoms with E-state index in [4.69, 9.17) is 5.26 Å². The molecule has 1 aromatic rings. The first-order chi connectivity index (χ1) is 8.15. The van der Waals surface area contributed by atoms with Gasteiger partial charge in [0.1, 0.15) is 6.04 Å². The van der Waals surface area contributed by atoms with Crippen LogP contribution in [0.25, 0.3) is 0 Å². The maximum atomic E-state index is 11.3. The van der Waals surface area contributed by atoms with Gasteiger partial charge in [-0.3, -0.25) is 4.79 Å². The predicted molar refractivity (Wildman–Crippen MR) is 70.5 cm³/mol.